The number of hydrogen-bond donors (Lipinski definition) is 0. The Labute approximate surface area is 131 Å². The van der Waals surface area contributed by atoms with Crippen LogP contribution in [0.5, 0.6) is 0 Å². The van der Waals surface area contributed by atoms with Gasteiger partial charge in [0.1, 0.15) is 0 Å². The fraction of sp³-hybridized carbons (Fsp3) is 0.471. The summed E-state index contributed by atoms with van der Waals surface area (Å²) < 4.78 is 2.27. The summed E-state index contributed by atoms with van der Waals surface area (Å²) in [6.45, 7) is 1.90. The van der Waals surface area contributed by atoms with Crippen LogP contribution in [0.1, 0.15) is 24.1 Å². The molecule has 0 spiro atoms. The summed E-state index contributed by atoms with van der Waals surface area (Å²) in [6, 6.07) is 11.3. The number of rotatable bonds is 5. The van der Waals surface area contributed by atoms with Gasteiger partial charge in [0.25, 0.3) is 0 Å². The molecular weight excluding hydrogens is 278 g/mol. The molecule has 0 radical (unpaired) electrons. The molecular formula is C17H23N3S. The van der Waals surface area contributed by atoms with Crippen LogP contribution in [0.2, 0.25) is 0 Å². The molecule has 1 aromatic carbocycles. The smallest absolute Gasteiger partial charge is 0.0951 e. The molecule has 0 unspecified atom stereocenters. The van der Waals surface area contributed by atoms with Crippen molar-refractivity contribution >= 4 is 11.8 Å². The number of benzene rings is 1. The molecule has 0 N–H and O–H groups in total. The fourth-order valence-corrected chi connectivity index (χ4v) is 3.99. The summed E-state index contributed by atoms with van der Waals surface area (Å²) in [5.41, 5.74) is 2.63. The second-order valence-electron chi connectivity index (χ2n) is 5.76. The highest BCUT2D eigenvalue weighted by Crippen LogP contribution is 2.22. The molecule has 0 amide bonds. The molecule has 4 heteroatoms. The van der Waals surface area contributed by atoms with Crippen molar-refractivity contribution in [3.05, 3.63) is 54.1 Å². The zero-order valence-electron chi connectivity index (χ0n) is 12.6. The van der Waals surface area contributed by atoms with Crippen LogP contribution in [0.25, 0.3) is 0 Å². The molecule has 112 valence electrons. The Balaban J connectivity index is 1.64. The first-order valence-electron chi connectivity index (χ1n) is 7.64. The average Bonchev–Trinajstić information content (AvgIpc) is 2.96. The molecule has 1 aliphatic heterocycles. The van der Waals surface area contributed by atoms with Gasteiger partial charge in [-0.25, -0.2) is 4.98 Å². The minimum Gasteiger partial charge on any atom is -0.329 e. The van der Waals surface area contributed by atoms with E-state index in [0.717, 1.165) is 19.1 Å². The largest absolute Gasteiger partial charge is 0.329 e. The van der Waals surface area contributed by atoms with E-state index in [0.29, 0.717) is 0 Å². The van der Waals surface area contributed by atoms with Crippen LogP contribution in [0.4, 0.5) is 0 Å². The molecule has 21 heavy (non-hydrogen) atoms. The molecule has 0 bridgehead atoms. The van der Waals surface area contributed by atoms with Gasteiger partial charge in [0.15, 0.2) is 0 Å². The first-order valence-corrected chi connectivity index (χ1v) is 8.79. The van der Waals surface area contributed by atoms with Gasteiger partial charge in [-0.15, -0.1) is 0 Å². The second kappa shape index (κ2) is 7.14. The van der Waals surface area contributed by atoms with Gasteiger partial charge in [-0.05, 0) is 37.0 Å². The summed E-state index contributed by atoms with van der Waals surface area (Å²) in [5, 5.41) is 0. The number of aromatic nitrogens is 2. The maximum atomic E-state index is 4.35. The first kappa shape index (κ1) is 14.7. The summed E-state index contributed by atoms with van der Waals surface area (Å²) in [4.78, 5) is 6.85. The quantitative estimate of drug-likeness (QED) is 0.846. The molecule has 1 saturated heterocycles. The lowest BCUT2D eigenvalue weighted by molar-refractivity contribution is 0.216. The Morgan fingerprint density at radius 2 is 2.00 bits per heavy atom. The molecule has 2 aromatic rings. The molecule has 0 atom stereocenters. The van der Waals surface area contributed by atoms with E-state index in [1.165, 1.54) is 35.6 Å². The van der Waals surface area contributed by atoms with Crippen molar-refractivity contribution in [2.75, 3.05) is 18.6 Å². The molecule has 1 aliphatic rings. The van der Waals surface area contributed by atoms with Gasteiger partial charge in [0.2, 0.25) is 0 Å². The number of thioether (sulfide) groups is 1. The Kier molecular flexibility index (Phi) is 4.99. The van der Waals surface area contributed by atoms with E-state index < -0.39 is 0 Å². The van der Waals surface area contributed by atoms with Crippen LogP contribution in [0, 0.1) is 0 Å². The highest BCUT2D eigenvalue weighted by atomic mass is 32.2. The van der Waals surface area contributed by atoms with Crippen LogP contribution in [0.15, 0.2) is 42.9 Å². The molecule has 3 nitrogen and oxygen atoms in total. The average molecular weight is 301 g/mol. The number of imidazole rings is 1. The Morgan fingerprint density at radius 1 is 1.24 bits per heavy atom. The van der Waals surface area contributed by atoms with E-state index in [1.54, 1.807) is 0 Å². The van der Waals surface area contributed by atoms with E-state index in [2.05, 4.69) is 63.6 Å². The SMILES string of the molecule is CN(Cc1cncn1Cc1ccccc1)C1CCSCC1. The molecule has 0 saturated carbocycles. The van der Waals surface area contributed by atoms with Crippen LogP contribution >= 0.6 is 11.8 Å². The fourth-order valence-electron chi connectivity index (χ4n) is 2.91. The molecule has 1 aromatic heterocycles. The first-order chi connectivity index (χ1) is 10.3. The molecule has 0 aliphatic carbocycles. The molecule has 3 rings (SSSR count). The van der Waals surface area contributed by atoms with Crippen LogP contribution in [-0.4, -0.2) is 39.0 Å². The Bertz CT molecular complexity index is 546. The number of nitrogens with zero attached hydrogens (tertiary/aromatic N) is 3. The van der Waals surface area contributed by atoms with Crippen LogP contribution in [-0.2, 0) is 13.1 Å². The third-order valence-electron chi connectivity index (χ3n) is 4.22. The highest BCUT2D eigenvalue weighted by molar-refractivity contribution is 7.99. The summed E-state index contributed by atoms with van der Waals surface area (Å²) in [5.74, 6) is 2.61. The van der Waals surface area contributed by atoms with Gasteiger partial charge in [-0.1, -0.05) is 30.3 Å². The van der Waals surface area contributed by atoms with Gasteiger partial charge in [-0.2, -0.15) is 11.8 Å². The summed E-state index contributed by atoms with van der Waals surface area (Å²) in [7, 11) is 2.25. The standard InChI is InChI=1S/C17H23N3S/c1-19(16-7-9-21-10-8-16)13-17-11-18-14-20(17)12-15-5-3-2-4-6-15/h2-6,11,14,16H,7-10,12-13H2,1H3. The predicted molar refractivity (Wildman–Crippen MR) is 89.6 cm³/mol. The van der Waals surface area contributed by atoms with Crippen molar-refractivity contribution in [2.24, 2.45) is 0 Å². The highest BCUT2D eigenvalue weighted by Gasteiger charge is 2.19. The monoisotopic (exact) mass is 301 g/mol. The zero-order valence-corrected chi connectivity index (χ0v) is 13.4. The van der Waals surface area contributed by atoms with Crippen molar-refractivity contribution in [3.8, 4) is 0 Å². The van der Waals surface area contributed by atoms with Gasteiger partial charge in [0.05, 0.1) is 12.0 Å². The minimum absolute atomic E-state index is 0.728. The normalized spacial score (nSPS) is 16.5. The predicted octanol–water partition coefficient (Wildman–Crippen LogP) is 3.26. The van der Waals surface area contributed by atoms with Crippen molar-refractivity contribution in [3.63, 3.8) is 0 Å². The maximum Gasteiger partial charge on any atom is 0.0951 e. The zero-order chi connectivity index (χ0) is 14.5. The van der Waals surface area contributed by atoms with Crippen LogP contribution < -0.4 is 0 Å². The van der Waals surface area contributed by atoms with Crippen LogP contribution in [0.3, 0.4) is 0 Å². The van der Waals surface area contributed by atoms with E-state index >= 15 is 0 Å². The third-order valence-corrected chi connectivity index (χ3v) is 5.27. The van der Waals surface area contributed by atoms with Gasteiger partial charge in [0, 0.05) is 25.3 Å². The van der Waals surface area contributed by atoms with Gasteiger partial charge in [-0.3, -0.25) is 4.90 Å². The summed E-state index contributed by atoms with van der Waals surface area (Å²) >= 11 is 2.08. The lowest BCUT2D eigenvalue weighted by Crippen LogP contribution is -2.34. The van der Waals surface area contributed by atoms with E-state index in [9.17, 15) is 0 Å². The maximum absolute atomic E-state index is 4.35. The molecule has 1 fully saturated rings. The lowest BCUT2D eigenvalue weighted by Gasteiger charge is -2.31. The Morgan fingerprint density at radius 3 is 2.76 bits per heavy atom. The van der Waals surface area contributed by atoms with Crippen molar-refractivity contribution < 1.29 is 0 Å². The lowest BCUT2D eigenvalue weighted by atomic mass is 10.1. The number of hydrogen-bond acceptors (Lipinski definition) is 3. The van der Waals surface area contributed by atoms with E-state index in [-0.39, 0.29) is 0 Å². The van der Waals surface area contributed by atoms with Crippen molar-refractivity contribution in [2.45, 2.75) is 32.0 Å². The topological polar surface area (TPSA) is 21.1 Å². The van der Waals surface area contributed by atoms with E-state index in [1.807, 2.05) is 12.5 Å². The third kappa shape index (κ3) is 3.89. The van der Waals surface area contributed by atoms with Gasteiger partial charge < -0.3 is 4.57 Å². The van der Waals surface area contributed by atoms with Crippen molar-refractivity contribution in [1.82, 2.24) is 14.5 Å². The van der Waals surface area contributed by atoms with Crippen molar-refractivity contribution in [1.29, 1.82) is 0 Å². The van der Waals surface area contributed by atoms with E-state index in [4.69, 9.17) is 0 Å². The minimum atomic E-state index is 0.728. The molecule has 2 heterocycles. The summed E-state index contributed by atoms with van der Waals surface area (Å²) in [6.07, 6.45) is 6.59. The second-order valence-corrected chi connectivity index (χ2v) is 6.98. The van der Waals surface area contributed by atoms with Gasteiger partial charge >= 0.3 is 0 Å². The Hall–Kier alpha value is -1.26.